The van der Waals surface area contributed by atoms with Crippen molar-refractivity contribution in [2.45, 2.75) is 19.3 Å². The number of hydrogen-bond acceptors (Lipinski definition) is 5. The highest BCUT2D eigenvalue weighted by atomic mass is 32.1. The third-order valence-corrected chi connectivity index (χ3v) is 6.34. The monoisotopic (exact) mass is 409 g/mol. The van der Waals surface area contributed by atoms with Gasteiger partial charge in [0.05, 0.1) is 12.8 Å². The van der Waals surface area contributed by atoms with E-state index in [1.165, 1.54) is 24.5 Å². The van der Waals surface area contributed by atoms with Crippen LogP contribution in [0, 0.1) is 6.92 Å². The van der Waals surface area contributed by atoms with Crippen LogP contribution in [-0.2, 0) is 4.79 Å². The predicted octanol–water partition coefficient (Wildman–Crippen LogP) is 4.61. The lowest BCUT2D eigenvalue weighted by atomic mass is 9.88. The van der Waals surface area contributed by atoms with Crippen LogP contribution in [0.3, 0.4) is 0 Å². The van der Waals surface area contributed by atoms with Crippen LogP contribution < -0.4 is 10.1 Å². The first-order chi connectivity index (χ1) is 13.9. The average molecular weight is 409 g/mol. The van der Waals surface area contributed by atoms with Crippen molar-refractivity contribution in [1.82, 2.24) is 0 Å². The van der Waals surface area contributed by atoms with Crippen LogP contribution >= 0.6 is 11.3 Å². The number of amides is 1. The van der Waals surface area contributed by atoms with E-state index in [1.54, 1.807) is 12.1 Å². The molecule has 1 amide bonds. The topological polar surface area (TPSA) is 95.9 Å². The highest BCUT2D eigenvalue weighted by Gasteiger charge is 2.34. The van der Waals surface area contributed by atoms with Crippen LogP contribution in [0.15, 0.2) is 42.5 Å². The first-order valence-corrected chi connectivity index (χ1v) is 9.84. The van der Waals surface area contributed by atoms with E-state index in [-0.39, 0.29) is 28.9 Å². The number of phenolic OH excluding ortho intramolecular Hbond substituents is 1. The zero-order chi connectivity index (χ0) is 20.7. The Kier molecular flexibility index (Phi) is 4.76. The van der Waals surface area contributed by atoms with Gasteiger partial charge in [-0.05, 0) is 30.2 Å². The Morgan fingerprint density at radius 3 is 2.59 bits per heavy atom. The lowest BCUT2D eigenvalue weighted by Crippen LogP contribution is -2.22. The van der Waals surface area contributed by atoms with Gasteiger partial charge < -0.3 is 20.3 Å². The van der Waals surface area contributed by atoms with Crippen molar-refractivity contribution >= 4 is 28.9 Å². The van der Waals surface area contributed by atoms with E-state index in [1.807, 2.05) is 31.2 Å². The number of aromatic hydroxyl groups is 1. The first kappa shape index (κ1) is 19.0. The summed E-state index contributed by atoms with van der Waals surface area (Å²) in [4.78, 5) is 25.5. The molecule has 3 N–H and O–H groups in total. The van der Waals surface area contributed by atoms with Gasteiger partial charge in [-0.15, -0.1) is 11.3 Å². The minimum atomic E-state index is -1.03. The zero-order valence-electron chi connectivity index (χ0n) is 15.9. The first-order valence-electron chi connectivity index (χ1n) is 9.02. The summed E-state index contributed by atoms with van der Waals surface area (Å²) in [6.07, 6.45) is 0.188. The van der Waals surface area contributed by atoms with Gasteiger partial charge in [0, 0.05) is 22.8 Å². The molecule has 7 heteroatoms. The fourth-order valence-electron chi connectivity index (χ4n) is 3.61. The molecule has 0 radical (unpaired) electrons. The molecule has 1 aromatic heterocycles. The van der Waals surface area contributed by atoms with Crippen LogP contribution in [0.2, 0.25) is 0 Å². The minimum Gasteiger partial charge on any atom is -0.504 e. The highest BCUT2D eigenvalue weighted by Crippen LogP contribution is 2.50. The summed E-state index contributed by atoms with van der Waals surface area (Å²) in [5.41, 5.74) is 3.66. The smallest absolute Gasteiger partial charge is 0.346 e. The second-order valence-corrected chi connectivity index (χ2v) is 8.00. The summed E-state index contributed by atoms with van der Waals surface area (Å²) in [6, 6.07) is 12.5. The number of carbonyl (C=O) groups excluding carboxylic acids is 1. The normalized spacial score (nSPS) is 15.5. The predicted molar refractivity (Wildman–Crippen MR) is 111 cm³/mol. The van der Waals surface area contributed by atoms with Gasteiger partial charge in [-0.2, -0.15) is 0 Å². The SMILES string of the molecule is COc1cc([C@@H]2CC(=O)Nc3c2sc(C(=O)O)c3-c2ccc(C)cc2)ccc1O. The summed E-state index contributed by atoms with van der Waals surface area (Å²) in [6.45, 7) is 1.96. The maximum absolute atomic E-state index is 12.5. The lowest BCUT2D eigenvalue weighted by molar-refractivity contribution is -0.116. The van der Waals surface area contributed by atoms with Crippen molar-refractivity contribution < 1.29 is 24.5 Å². The van der Waals surface area contributed by atoms with Crippen LogP contribution in [0.5, 0.6) is 11.5 Å². The molecule has 2 heterocycles. The van der Waals surface area contributed by atoms with Crippen LogP contribution in [0.4, 0.5) is 5.69 Å². The largest absolute Gasteiger partial charge is 0.504 e. The molecule has 1 aliphatic heterocycles. The number of anilines is 1. The fraction of sp³-hybridized carbons (Fsp3) is 0.182. The Morgan fingerprint density at radius 1 is 1.21 bits per heavy atom. The molecule has 2 aromatic carbocycles. The second-order valence-electron chi connectivity index (χ2n) is 6.95. The third-order valence-electron chi connectivity index (χ3n) is 5.05. The molecular formula is C22H19NO5S. The number of ether oxygens (including phenoxy) is 1. The molecule has 3 aromatic rings. The maximum Gasteiger partial charge on any atom is 0.346 e. The van der Waals surface area contributed by atoms with Gasteiger partial charge in [0.2, 0.25) is 5.91 Å². The van der Waals surface area contributed by atoms with E-state index >= 15 is 0 Å². The molecule has 0 fully saturated rings. The second kappa shape index (κ2) is 7.25. The van der Waals surface area contributed by atoms with E-state index in [2.05, 4.69) is 5.32 Å². The lowest BCUT2D eigenvalue weighted by Gasteiger charge is -2.24. The number of methoxy groups -OCH3 is 1. The van der Waals surface area contributed by atoms with Crippen molar-refractivity contribution in [2.24, 2.45) is 0 Å². The van der Waals surface area contributed by atoms with E-state index in [4.69, 9.17) is 4.74 Å². The van der Waals surface area contributed by atoms with E-state index in [0.29, 0.717) is 17.0 Å². The number of phenols is 1. The van der Waals surface area contributed by atoms with Crippen molar-refractivity contribution in [1.29, 1.82) is 0 Å². The maximum atomic E-state index is 12.5. The van der Waals surface area contributed by atoms with E-state index < -0.39 is 5.97 Å². The molecule has 1 atom stereocenters. The molecule has 0 bridgehead atoms. The number of hydrogen-bond donors (Lipinski definition) is 3. The molecule has 0 saturated heterocycles. The molecule has 0 saturated carbocycles. The van der Waals surface area contributed by atoms with Gasteiger partial charge in [-0.1, -0.05) is 35.9 Å². The number of carbonyl (C=O) groups is 2. The van der Waals surface area contributed by atoms with Gasteiger partial charge in [-0.25, -0.2) is 4.79 Å². The van der Waals surface area contributed by atoms with Gasteiger partial charge in [0.15, 0.2) is 11.5 Å². The quantitative estimate of drug-likeness (QED) is 0.585. The Morgan fingerprint density at radius 2 is 1.93 bits per heavy atom. The van der Waals surface area contributed by atoms with Crippen molar-refractivity contribution in [3.63, 3.8) is 0 Å². The van der Waals surface area contributed by atoms with Gasteiger partial charge in [0.25, 0.3) is 0 Å². The van der Waals surface area contributed by atoms with Gasteiger partial charge >= 0.3 is 5.97 Å². The highest BCUT2D eigenvalue weighted by molar-refractivity contribution is 7.15. The number of aromatic carboxylic acids is 1. The van der Waals surface area contributed by atoms with E-state index in [0.717, 1.165) is 21.6 Å². The third kappa shape index (κ3) is 3.34. The summed E-state index contributed by atoms with van der Waals surface area (Å²) >= 11 is 1.17. The van der Waals surface area contributed by atoms with Crippen LogP contribution in [0.1, 0.15) is 38.0 Å². The van der Waals surface area contributed by atoms with Crippen molar-refractivity contribution in [3.05, 3.63) is 63.3 Å². The number of fused-ring (bicyclic) bond motifs is 1. The number of thiophene rings is 1. The Balaban J connectivity index is 1.92. The molecule has 1 aliphatic rings. The summed E-state index contributed by atoms with van der Waals surface area (Å²) in [7, 11) is 1.46. The number of benzene rings is 2. The molecule has 0 spiro atoms. The van der Waals surface area contributed by atoms with Crippen LogP contribution in [0.25, 0.3) is 11.1 Å². The standard InChI is InChI=1S/C22H19NO5S/c1-11-3-5-12(6-4-11)18-19-20(29-21(18)22(26)27)14(10-17(25)23-19)13-7-8-15(24)16(9-13)28-2/h3-9,14,24H,10H2,1-2H3,(H,23,25)(H,26,27)/t14-/m0/s1. The molecular weight excluding hydrogens is 390 g/mol. The minimum absolute atomic E-state index is 0.00878. The number of rotatable bonds is 4. The summed E-state index contributed by atoms with van der Waals surface area (Å²) in [5.74, 6) is -1.22. The number of carboxylic acids is 1. The Hall–Kier alpha value is -3.32. The average Bonchev–Trinajstić information content (AvgIpc) is 3.08. The molecule has 6 nitrogen and oxygen atoms in total. The van der Waals surface area contributed by atoms with Gasteiger partial charge in [0.1, 0.15) is 4.88 Å². The number of aryl methyl sites for hydroxylation is 1. The Bertz CT molecular complexity index is 1120. The molecule has 29 heavy (non-hydrogen) atoms. The van der Waals surface area contributed by atoms with Crippen molar-refractivity contribution in [3.8, 4) is 22.6 Å². The fourth-order valence-corrected chi connectivity index (χ4v) is 4.86. The zero-order valence-corrected chi connectivity index (χ0v) is 16.7. The number of carboxylic acid groups (broad SMARTS) is 1. The molecule has 4 rings (SSSR count). The van der Waals surface area contributed by atoms with E-state index in [9.17, 15) is 19.8 Å². The Labute approximate surface area is 171 Å². The molecule has 148 valence electrons. The molecule has 0 aliphatic carbocycles. The summed E-state index contributed by atoms with van der Waals surface area (Å²) < 4.78 is 5.20. The van der Waals surface area contributed by atoms with Crippen LogP contribution in [-0.4, -0.2) is 29.2 Å². The van der Waals surface area contributed by atoms with Gasteiger partial charge in [-0.3, -0.25) is 4.79 Å². The van der Waals surface area contributed by atoms with Crippen molar-refractivity contribution in [2.75, 3.05) is 12.4 Å². The molecule has 0 unspecified atom stereocenters. The number of nitrogens with one attached hydrogen (secondary N) is 1. The summed E-state index contributed by atoms with van der Waals surface area (Å²) in [5, 5.41) is 22.6.